The van der Waals surface area contributed by atoms with Gasteiger partial charge in [-0.1, -0.05) is 13.3 Å². The Morgan fingerprint density at radius 2 is 1.87 bits per heavy atom. The highest BCUT2D eigenvalue weighted by Crippen LogP contribution is 2.22. The van der Waals surface area contributed by atoms with Crippen LogP contribution in [-0.4, -0.2) is 44.0 Å². The Hall–Kier alpha value is -1.71. The van der Waals surface area contributed by atoms with E-state index in [0.29, 0.717) is 13.0 Å². The van der Waals surface area contributed by atoms with Gasteiger partial charge in [-0.2, -0.15) is 0 Å². The molecule has 4 nitrogen and oxygen atoms in total. The SMILES string of the molecule is CCCCN(C)C(=O)CCNc1ccc(N(CC)CC)cc1C. The number of amides is 1. The Labute approximate surface area is 141 Å². The number of hydrogen-bond acceptors (Lipinski definition) is 3. The van der Waals surface area contributed by atoms with Gasteiger partial charge in [-0.3, -0.25) is 4.79 Å². The van der Waals surface area contributed by atoms with Gasteiger partial charge in [0.1, 0.15) is 0 Å². The minimum atomic E-state index is 0.211. The number of carbonyl (C=O) groups excluding carboxylic acids is 1. The number of rotatable bonds is 10. The first-order chi connectivity index (χ1) is 11.0. The van der Waals surface area contributed by atoms with Crippen molar-refractivity contribution in [3.05, 3.63) is 23.8 Å². The summed E-state index contributed by atoms with van der Waals surface area (Å²) in [6.07, 6.45) is 2.73. The van der Waals surface area contributed by atoms with Gasteiger partial charge in [-0.15, -0.1) is 0 Å². The first kappa shape index (κ1) is 19.3. The van der Waals surface area contributed by atoms with Crippen LogP contribution in [0.4, 0.5) is 11.4 Å². The number of anilines is 2. The van der Waals surface area contributed by atoms with E-state index in [-0.39, 0.29) is 5.91 Å². The van der Waals surface area contributed by atoms with Gasteiger partial charge in [0.2, 0.25) is 5.91 Å². The molecule has 0 heterocycles. The molecule has 0 atom stereocenters. The lowest BCUT2D eigenvalue weighted by Crippen LogP contribution is -2.29. The molecule has 0 aliphatic carbocycles. The molecule has 0 radical (unpaired) electrons. The molecule has 1 aromatic carbocycles. The van der Waals surface area contributed by atoms with Crippen molar-refractivity contribution >= 4 is 17.3 Å². The molecule has 1 aromatic rings. The molecule has 0 saturated heterocycles. The summed E-state index contributed by atoms with van der Waals surface area (Å²) in [6, 6.07) is 6.48. The molecule has 0 saturated carbocycles. The molecule has 0 spiro atoms. The molecule has 1 N–H and O–H groups in total. The third kappa shape index (κ3) is 6.12. The van der Waals surface area contributed by atoms with Crippen LogP contribution >= 0.6 is 0 Å². The van der Waals surface area contributed by atoms with Crippen molar-refractivity contribution in [3.8, 4) is 0 Å². The van der Waals surface area contributed by atoms with Crippen LogP contribution < -0.4 is 10.2 Å². The fourth-order valence-corrected chi connectivity index (χ4v) is 2.65. The lowest BCUT2D eigenvalue weighted by Gasteiger charge is -2.22. The molecule has 0 aliphatic rings. The predicted octanol–water partition coefficient (Wildman–Crippen LogP) is 3.90. The van der Waals surface area contributed by atoms with Gasteiger partial charge in [-0.05, 0) is 51.0 Å². The zero-order valence-electron chi connectivity index (χ0n) is 15.5. The molecule has 0 unspecified atom stereocenters. The molecule has 0 fully saturated rings. The fourth-order valence-electron chi connectivity index (χ4n) is 2.65. The van der Waals surface area contributed by atoms with Crippen LogP contribution in [0.25, 0.3) is 0 Å². The van der Waals surface area contributed by atoms with Crippen LogP contribution in [-0.2, 0) is 4.79 Å². The largest absolute Gasteiger partial charge is 0.384 e. The Balaban J connectivity index is 2.50. The van der Waals surface area contributed by atoms with E-state index in [2.05, 4.69) is 56.1 Å². The van der Waals surface area contributed by atoms with Crippen molar-refractivity contribution in [1.82, 2.24) is 4.90 Å². The highest BCUT2D eigenvalue weighted by Gasteiger charge is 2.08. The average molecular weight is 319 g/mol. The summed E-state index contributed by atoms with van der Waals surface area (Å²) in [4.78, 5) is 16.2. The number of carbonyl (C=O) groups is 1. The molecule has 23 heavy (non-hydrogen) atoms. The van der Waals surface area contributed by atoms with Gasteiger partial charge in [0, 0.05) is 51.0 Å². The maximum atomic E-state index is 12.0. The van der Waals surface area contributed by atoms with Crippen LogP contribution in [0.3, 0.4) is 0 Å². The average Bonchev–Trinajstić information content (AvgIpc) is 2.55. The topological polar surface area (TPSA) is 35.6 Å². The molecule has 1 rings (SSSR count). The Bertz CT molecular complexity index is 484. The number of benzene rings is 1. The maximum Gasteiger partial charge on any atom is 0.224 e. The molecule has 0 bridgehead atoms. The molecule has 0 aromatic heterocycles. The molecule has 1 amide bonds. The first-order valence-electron chi connectivity index (χ1n) is 8.86. The summed E-state index contributed by atoms with van der Waals surface area (Å²) in [5.74, 6) is 0.211. The van der Waals surface area contributed by atoms with E-state index >= 15 is 0 Å². The third-order valence-electron chi connectivity index (χ3n) is 4.27. The summed E-state index contributed by atoms with van der Waals surface area (Å²) in [6.45, 7) is 12.2. The van der Waals surface area contributed by atoms with Gasteiger partial charge in [0.25, 0.3) is 0 Å². The van der Waals surface area contributed by atoms with Crippen molar-refractivity contribution in [2.45, 2.75) is 47.0 Å². The summed E-state index contributed by atoms with van der Waals surface area (Å²) in [5.41, 5.74) is 3.60. The highest BCUT2D eigenvalue weighted by molar-refractivity contribution is 5.76. The molecular formula is C19H33N3O. The van der Waals surface area contributed by atoms with Crippen LogP contribution in [0.1, 0.15) is 45.6 Å². The van der Waals surface area contributed by atoms with Crippen LogP contribution in [0.5, 0.6) is 0 Å². The first-order valence-corrected chi connectivity index (χ1v) is 8.86. The molecule has 130 valence electrons. The van der Waals surface area contributed by atoms with Crippen molar-refractivity contribution in [2.24, 2.45) is 0 Å². The van der Waals surface area contributed by atoms with Crippen molar-refractivity contribution in [3.63, 3.8) is 0 Å². The predicted molar refractivity (Wildman–Crippen MR) is 100 cm³/mol. The van der Waals surface area contributed by atoms with Gasteiger partial charge >= 0.3 is 0 Å². The standard InChI is InChI=1S/C19H33N3O/c1-6-9-14-21(5)19(23)12-13-20-18-11-10-17(15-16(18)4)22(7-2)8-3/h10-11,15,20H,6-9,12-14H2,1-5H3. The monoisotopic (exact) mass is 319 g/mol. The molecule has 4 heteroatoms. The minimum Gasteiger partial charge on any atom is -0.384 e. The summed E-state index contributed by atoms with van der Waals surface area (Å²) >= 11 is 0. The zero-order chi connectivity index (χ0) is 17.2. The van der Waals surface area contributed by atoms with Crippen LogP contribution in [0.15, 0.2) is 18.2 Å². The quantitative estimate of drug-likeness (QED) is 0.710. The van der Waals surface area contributed by atoms with E-state index < -0.39 is 0 Å². The number of unbranched alkanes of at least 4 members (excludes halogenated alkanes) is 1. The lowest BCUT2D eigenvalue weighted by molar-refractivity contribution is -0.129. The normalized spacial score (nSPS) is 10.5. The van der Waals surface area contributed by atoms with E-state index in [1.807, 2.05) is 11.9 Å². The summed E-state index contributed by atoms with van der Waals surface area (Å²) in [7, 11) is 1.89. The molecular weight excluding hydrogens is 286 g/mol. The van der Waals surface area contributed by atoms with Gasteiger partial charge in [-0.25, -0.2) is 0 Å². The molecule has 0 aliphatic heterocycles. The number of nitrogens with one attached hydrogen (secondary N) is 1. The van der Waals surface area contributed by atoms with Crippen LogP contribution in [0, 0.1) is 6.92 Å². The Kier molecular flexibility index (Phi) is 8.52. The Morgan fingerprint density at radius 1 is 1.17 bits per heavy atom. The minimum absolute atomic E-state index is 0.211. The Morgan fingerprint density at radius 3 is 2.43 bits per heavy atom. The maximum absolute atomic E-state index is 12.0. The second-order valence-electron chi connectivity index (χ2n) is 6.02. The number of hydrogen-bond donors (Lipinski definition) is 1. The highest BCUT2D eigenvalue weighted by atomic mass is 16.2. The van der Waals surface area contributed by atoms with E-state index in [1.165, 1.54) is 11.3 Å². The van der Waals surface area contributed by atoms with E-state index in [0.717, 1.165) is 38.2 Å². The number of nitrogens with zero attached hydrogens (tertiary/aromatic N) is 2. The van der Waals surface area contributed by atoms with Crippen molar-refractivity contribution < 1.29 is 4.79 Å². The van der Waals surface area contributed by atoms with E-state index in [1.54, 1.807) is 0 Å². The zero-order valence-corrected chi connectivity index (χ0v) is 15.5. The summed E-state index contributed by atoms with van der Waals surface area (Å²) < 4.78 is 0. The lowest BCUT2D eigenvalue weighted by atomic mass is 10.1. The van der Waals surface area contributed by atoms with Crippen molar-refractivity contribution in [2.75, 3.05) is 43.4 Å². The van der Waals surface area contributed by atoms with Crippen LogP contribution in [0.2, 0.25) is 0 Å². The van der Waals surface area contributed by atoms with E-state index in [4.69, 9.17) is 0 Å². The second kappa shape index (κ2) is 10.1. The fraction of sp³-hybridized carbons (Fsp3) is 0.632. The number of aryl methyl sites for hydroxylation is 1. The van der Waals surface area contributed by atoms with E-state index in [9.17, 15) is 4.79 Å². The third-order valence-corrected chi connectivity index (χ3v) is 4.27. The van der Waals surface area contributed by atoms with Gasteiger partial charge < -0.3 is 15.1 Å². The van der Waals surface area contributed by atoms with Gasteiger partial charge in [0.15, 0.2) is 0 Å². The summed E-state index contributed by atoms with van der Waals surface area (Å²) in [5, 5.41) is 3.39. The second-order valence-corrected chi connectivity index (χ2v) is 6.02. The smallest absolute Gasteiger partial charge is 0.224 e. The van der Waals surface area contributed by atoms with Crippen molar-refractivity contribution in [1.29, 1.82) is 0 Å². The van der Waals surface area contributed by atoms with Gasteiger partial charge in [0.05, 0.1) is 0 Å².